The number of anilines is 2. The van der Waals surface area contributed by atoms with Crippen LogP contribution in [0.1, 0.15) is 60.3 Å². The number of aryl methyl sites for hydroxylation is 1. The number of benzene rings is 3. The van der Waals surface area contributed by atoms with E-state index >= 15 is 0 Å². The van der Waals surface area contributed by atoms with Crippen LogP contribution in [0.25, 0.3) is 11.1 Å². The Hall–Kier alpha value is -4.94. The molecule has 226 valence electrons. The fraction of sp³-hybridized carbons (Fsp3) is 0.156. The molecule has 0 saturated heterocycles. The van der Waals surface area contributed by atoms with Gasteiger partial charge in [-0.05, 0) is 55.3 Å². The maximum absolute atomic E-state index is 13.4. The average molecular weight is 633 g/mol. The van der Waals surface area contributed by atoms with Gasteiger partial charge in [-0.1, -0.05) is 42.8 Å². The first-order chi connectivity index (χ1) is 21.0. The van der Waals surface area contributed by atoms with Crippen LogP contribution < -0.4 is 10.6 Å². The number of carbonyl (C=O) groups is 5. The SMILES string of the molecule is CCC(Sc1cccc(NC(=O)c2ccc(C(=O)O)cc2C(=O)O)c1)C(=O)Nc1scc(-c2ccc(C)cc2)c1C(=O)OC. The Balaban J connectivity index is 1.51. The number of thiophene rings is 1. The summed E-state index contributed by atoms with van der Waals surface area (Å²) in [6.45, 7) is 3.82. The molecule has 0 spiro atoms. The fourth-order valence-corrected chi connectivity index (χ4v) is 6.25. The number of nitrogens with one attached hydrogen (secondary N) is 2. The summed E-state index contributed by atoms with van der Waals surface area (Å²) in [4.78, 5) is 62.6. The monoisotopic (exact) mass is 632 g/mol. The highest BCUT2D eigenvalue weighted by Crippen LogP contribution is 2.37. The third-order valence-corrected chi connectivity index (χ3v) is 8.81. The number of thioether (sulfide) groups is 1. The van der Waals surface area contributed by atoms with Crippen molar-refractivity contribution in [2.45, 2.75) is 30.4 Å². The fourth-order valence-electron chi connectivity index (χ4n) is 4.28. The predicted molar refractivity (Wildman–Crippen MR) is 169 cm³/mol. The van der Waals surface area contributed by atoms with E-state index in [0.29, 0.717) is 27.6 Å². The molecule has 1 aromatic heterocycles. The van der Waals surface area contributed by atoms with Crippen molar-refractivity contribution in [1.82, 2.24) is 0 Å². The van der Waals surface area contributed by atoms with Gasteiger partial charge in [0.25, 0.3) is 5.91 Å². The third-order valence-electron chi connectivity index (χ3n) is 6.55. The van der Waals surface area contributed by atoms with Crippen molar-refractivity contribution in [3.8, 4) is 11.1 Å². The van der Waals surface area contributed by atoms with Gasteiger partial charge in [0.2, 0.25) is 5.91 Å². The number of ether oxygens (including phenoxy) is 1. The van der Waals surface area contributed by atoms with E-state index in [9.17, 15) is 29.1 Å². The molecular formula is C32H28N2O8S2. The highest BCUT2D eigenvalue weighted by molar-refractivity contribution is 8.00. The number of methoxy groups -OCH3 is 1. The van der Waals surface area contributed by atoms with E-state index in [4.69, 9.17) is 9.84 Å². The minimum atomic E-state index is -1.44. The maximum atomic E-state index is 13.4. The first-order valence-corrected chi connectivity index (χ1v) is 15.0. The summed E-state index contributed by atoms with van der Waals surface area (Å²) >= 11 is 2.49. The second-order valence-corrected chi connectivity index (χ2v) is 11.7. The van der Waals surface area contributed by atoms with Crippen molar-refractivity contribution in [3.05, 3.63) is 99.9 Å². The van der Waals surface area contributed by atoms with Crippen LogP contribution in [0.3, 0.4) is 0 Å². The Bertz CT molecular complexity index is 1750. The first-order valence-electron chi connectivity index (χ1n) is 13.3. The van der Waals surface area contributed by atoms with Gasteiger partial charge in [0.05, 0.1) is 29.1 Å². The summed E-state index contributed by atoms with van der Waals surface area (Å²) in [6, 6.07) is 17.6. The molecule has 4 rings (SSSR count). The van der Waals surface area contributed by atoms with Crippen LogP contribution >= 0.6 is 23.1 Å². The maximum Gasteiger partial charge on any atom is 0.341 e. The number of carboxylic acids is 2. The van der Waals surface area contributed by atoms with Crippen molar-refractivity contribution in [2.24, 2.45) is 0 Å². The van der Waals surface area contributed by atoms with Crippen LogP contribution in [0.5, 0.6) is 0 Å². The second-order valence-electron chi connectivity index (χ2n) is 9.57. The van der Waals surface area contributed by atoms with Gasteiger partial charge < -0.3 is 25.6 Å². The molecule has 3 aromatic carbocycles. The summed E-state index contributed by atoms with van der Waals surface area (Å²) in [7, 11) is 1.29. The van der Waals surface area contributed by atoms with Crippen molar-refractivity contribution in [1.29, 1.82) is 0 Å². The van der Waals surface area contributed by atoms with Gasteiger partial charge in [-0.3, -0.25) is 9.59 Å². The largest absolute Gasteiger partial charge is 0.478 e. The molecule has 1 heterocycles. The molecule has 0 aliphatic rings. The van der Waals surface area contributed by atoms with Gasteiger partial charge in [0, 0.05) is 21.5 Å². The Kier molecular flexibility index (Phi) is 10.2. The van der Waals surface area contributed by atoms with Crippen LogP contribution in [0.4, 0.5) is 10.7 Å². The normalized spacial score (nSPS) is 11.3. The number of amides is 2. The molecule has 1 atom stereocenters. The third kappa shape index (κ3) is 7.33. The molecule has 4 N–H and O–H groups in total. The van der Waals surface area contributed by atoms with Gasteiger partial charge in [-0.25, -0.2) is 14.4 Å². The molecular weight excluding hydrogens is 604 g/mol. The van der Waals surface area contributed by atoms with E-state index in [1.54, 1.807) is 29.6 Å². The van der Waals surface area contributed by atoms with Crippen LogP contribution in [0.15, 0.2) is 77.0 Å². The van der Waals surface area contributed by atoms with Gasteiger partial charge in [-0.15, -0.1) is 23.1 Å². The van der Waals surface area contributed by atoms with Gasteiger partial charge in [-0.2, -0.15) is 0 Å². The Morgan fingerprint density at radius 3 is 2.27 bits per heavy atom. The Labute approximate surface area is 261 Å². The van der Waals surface area contributed by atoms with Gasteiger partial charge in [0.1, 0.15) is 10.6 Å². The molecule has 1 unspecified atom stereocenters. The molecule has 0 aliphatic carbocycles. The smallest absolute Gasteiger partial charge is 0.341 e. The highest BCUT2D eigenvalue weighted by Gasteiger charge is 2.26. The lowest BCUT2D eigenvalue weighted by atomic mass is 10.0. The Morgan fingerprint density at radius 1 is 0.909 bits per heavy atom. The molecule has 0 fully saturated rings. The molecule has 10 nitrogen and oxygen atoms in total. The van der Waals surface area contributed by atoms with Crippen LogP contribution in [-0.4, -0.2) is 52.3 Å². The van der Waals surface area contributed by atoms with E-state index in [1.807, 2.05) is 38.1 Å². The number of carbonyl (C=O) groups excluding carboxylic acids is 3. The van der Waals surface area contributed by atoms with E-state index < -0.39 is 34.6 Å². The summed E-state index contributed by atoms with van der Waals surface area (Å²) in [6.07, 6.45) is 0.453. The van der Waals surface area contributed by atoms with Crippen molar-refractivity contribution in [3.63, 3.8) is 0 Å². The molecule has 2 amide bonds. The van der Waals surface area contributed by atoms with Crippen molar-refractivity contribution < 1.29 is 38.9 Å². The van der Waals surface area contributed by atoms with Crippen molar-refractivity contribution >= 4 is 63.5 Å². The van der Waals surface area contributed by atoms with Crippen LogP contribution in [0, 0.1) is 6.92 Å². The number of aromatic carboxylic acids is 2. The molecule has 44 heavy (non-hydrogen) atoms. The van der Waals surface area contributed by atoms with Crippen LogP contribution in [-0.2, 0) is 9.53 Å². The molecule has 4 aromatic rings. The zero-order chi connectivity index (χ0) is 32.0. The zero-order valence-corrected chi connectivity index (χ0v) is 25.5. The number of hydrogen-bond acceptors (Lipinski definition) is 8. The summed E-state index contributed by atoms with van der Waals surface area (Å²) in [5.41, 5.74) is 2.28. The number of carboxylic acid groups (broad SMARTS) is 2. The number of esters is 1. The minimum Gasteiger partial charge on any atom is -0.478 e. The van der Waals surface area contributed by atoms with E-state index in [2.05, 4.69) is 10.6 Å². The van der Waals surface area contributed by atoms with Crippen LogP contribution in [0.2, 0.25) is 0 Å². The second kappa shape index (κ2) is 14.0. The lowest BCUT2D eigenvalue weighted by Crippen LogP contribution is -2.25. The lowest BCUT2D eigenvalue weighted by Gasteiger charge is -2.16. The Morgan fingerprint density at radius 2 is 1.64 bits per heavy atom. The van der Waals surface area contributed by atoms with E-state index in [-0.39, 0.29) is 22.6 Å². The quantitative estimate of drug-likeness (QED) is 0.105. The first kappa shape index (κ1) is 32.0. The molecule has 0 radical (unpaired) electrons. The van der Waals surface area contributed by atoms with Gasteiger partial charge >= 0.3 is 17.9 Å². The highest BCUT2D eigenvalue weighted by atomic mass is 32.2. The van der Waals surface area contributed by atoms with E-state index in [0.717, 1.165) is 29.3 Å². The number of hydrogen-bond donors (Lipinski definition) is 4. The summed E-state index contributed by atoms with van der Waals surface area (Å²) in [5, 5.41) is 25.8. The molecule has 12 heteroatoms. The number of rotatable bonds is 11. The minimum absolute atomic E-state index is 0.200. The topological polar surface area (TPSA) is 159 Å². The molecule has 0 aliphatic heterocycles. The summed E-state index contributed by atoms with van der Waals surface area (Å²) in [5.74, 6) is -4.37. The zero-order valence-electron chi connectivity index (χ0n) is 23.9. The average Bonchev–Trinajstić information content (AvgIpc) is 3.42. The lowest BCUT2D eigenvalue weighted by molar-refractivity contribution is -0.115. The standard InChI is InChI=1S/C32H28N2O8S2/c1-4-25(28(36)34-29-26(32(41)42-3)24(16-43-29)18-10-8-17(2)9-11-18)44-21-7-5-6-20(15-21)33-27(35)22-13-12-19(30(37)38)14-23(22)31(39)40/h5-16,25H,4H2,1-3H3,(H,33,35)(H,34,36)(H,37,38)(H,39,40). The van der Waals surface area contributed by atoms with E-state index in [1.165, 1.54) is 30.2 Å². The molecule has 0 saturated carbocycles. The predicted octanol–water partition coefficient (Wildman–Crippen LogP) is 6.67. The summed E-state index contributed by atoms with van der Waals surface area (Å²) < 4.78 is 5.02. The van der Waals surface area contributed by atoms with Gasteiger partial charge in [0.15, 0.2) is 0 Å². The molecule has 0 bridgehead atoms. The van der Waals surface area contributed by atoms with Crippen molar-refractivity contribution in [2.75, 3.05) is 17.7 Å².